The van der Waals surface area contributed by atoms with Gasteiger partial charge < -0.3 is 24.8 Å². The number of benzene rings is 1. The van der Waals surface area contributed by atoms with Crippen molar-refractivity contribution in [1.82, 2.24) is 0 Å². The molecule has 6 heteroatoms. The van der Waals surface area contributed by atoms with E-state index in [1.165, 1.54) is 25.5 Å². The van der Waals surface area contributed by atoms with E-state index in [9.17, 15) is 20.1 Å². The van der Waals surface area contributed by atoms with Crippen LogP contribution in [0.1, 0.15) is 12.0 Å². The molecule has 1 aromatic carbocycles. The summed E-state index contributed by atoms with van der Waals surface area (Å²) in [5, 5.41) is 29.6. The second kappa shape index (κ2) is 5.72. The van der Waals surface area contributed by atoms with E-state index >= 15 is 0 Å². The van der Waals surface area contributed by atoms with Crippen molar-refractivity contribution in [2.24, 2.45) is 5.92 Å². The number of ketones is 1. The lowest BCUT2D eigenvalue weighted by Gasteiger charge is -2.43. The maximum Gasteiger partial charge on any atom is 0.176 e. The number of ether oxygens (including phenoxy) is 2. The van der Waals surface area contributed by atoms with Gasteiger partial charge in [-0.15, -0.1) is 0 Å². The van der Waals surface area contributed by atoms with Crippen LogP contribution in [-0.2, 0) is 14.3 Å². The number of phenols is 1. The first-order valence-corrected chi connectivity index (χ1v) is 7.11. The van der Waals surface area contributed by atoms with Gasteiger partial charge in [-0.1, -0.05) is 12.1 Å². The van der Waals surface area contributed by atoms with Crippen LogP contribution in [0.3, 0.4) is 0 Å². The molecule has 0 amide bonds. The molecule has 1 saturated carbocycles. The molecule has 1 aromatic rings. The standard InChI is InChI=1S/C16H18O6/c1-21-16-11(18)6-12-13(15(16)20)14(19)10(7-22-12)8-2-4-9(17)5-3-8/h2-5,7,11-13,15-18,20H,6H2,1H3. The zero-order valence-corrected chi connectivity index (χ0v) is 12.0. The van der Waals surface area contributed by atoms with Gasteiger partial charge in [-0.25, -0.2) is 0 Å². The summed E-state index contributed by atoms with van der Waals surface area (Å²) < 4.78 is 10.7. The van der Waals surface area contributed by atoms with Crippen LogP contribution in [0.5, 0.6) is 5.75 Å². The number of hydrogen-bond acceptors (Lipinski definition) is 6. The fourth-order valence-electron chi connectivity index (χ4n) is 3.18. The number of hydrogen-bond donors (Lipinski definition) is 3. The number of Topliss-reactive ketones (excluding diaryl/α,β-unsaturated/α-hetero) is 1. The first-order valence-electron chi connectivity index (χ1n) is 7.11. The van der Waals surface area contributed by atoms with E-state index < -0.39 is 30.3 Å². The molecule has 3 rings (SSSR count). The largest absolute Gasteiger partial charge is 0.508 e. The lowest BCUT2D eigenvalue weighted by molar-refractivity contribution is -0.171. The van der Waals surface area contributed by atoms with Crippen LogP contribution in [0.25, 0.3) is 5.57 Å². The molecule has 22 heavy (non-hydrogen) atoms. The van der Waals surface area contributed by atoms with E-state index in [4.69, 9.17) is 9.47 Å². The number of aliphatic hydroxyl groups is 2. The van der Waals surface area contributed by atoms with Crippen molar-refractivity contribution in [2.45, 2.75) is 30.8 Å². The molecule has 5 unspecified atom stereocenters. The molecule has 2 aliphatic rings. The predicted molar refractivity (Wildman–Crippen MR) is 76.9 cm³/mol. The van der Waals surface area contributed by atoms with Gasteiger partial charge in [-0.05, 0) is 17.7 Å². The van der Waals surface area contributed by atoms with Crippen LogP contribution in [-0.4, -0.2) is 52.6 Å². The molecule has 118 valence electrons. The summed E-state index contributed by atoms with van der Waals surface area (Å²) in [5.41, 5.74) is 0.945. The number of carbonyl (C=O) groups excluding carboxylic acids is 1. The number of rotatable bonds is 2. The third-order valence-corrected chi connectivity index (χ3v) is 4.34. The molecule has 0 radical (unpaired) electrons. The van der Waals surface area contributed by atoms with E-state index in [-0.39, 0.29) is 18.0 Å². The van der Waals surface area contributed by atoms with Gasteiger partial charge >= 0.3 is 0 Å². The van der Waals surface area contributed by atoms with Crippen molar-refractivity contribution in [3.63, 3.8) is 0 Å². The summed E-state index contributed by atoms with van der Waals surface area (Å²) in [5.74, 6) is -0.919. The Labute approximate surface area is 127 Å². The highest BCUT2D eigenvalue weighted by atomic mass is 16.5. The SMILES string of the molecule is COC1C(O)CC2OC=C(c3ccc(O)cc3)C(=O)C2C1O. The average molecular weight is 306 g/mol. The number of aromatic hydroxyl groups is 1. The number of carbonyl (C=O) groups is 1. The highest BCUT2D eigenvalue weighted by Gasteiger charge is 2.50. The Kier molecular flexibility index (Phi) is 3.90. The minimum absolute atomic E-state index is 0.103. The van der Waals surface area contributed by atoms with Gasteiger partial charge in [-0.2, -0.15) is 0 Å². The third kappa shape index (κ3) is 2.39. The van der Waals surface area contributed by atoms with Gasteiger partial charge in [0, 0.05) is 13.5 Å². The van der Waals surface area contributed by atoms with Gasteiger partial charge in [-0.3, -0.25) is 4.79 Å². The summed E-state index contributed by atoms with van der Waals surface area (Å²) in [7, 11) is 1.39. The second-order valence-corrected chi connectivity index (χ2v) is 5.64. The smallest absolute Gasteiger partial charge is 0.176 e. The maximum absolute atomic E-state index is 12.7. The molecule has 3 N–H and O–H groups in total. The number of aliphatic hydroxyl groups excluding tert-OH is 2. The fraction of sp³-hybridized carbons (Fsp3) is 0.438. The van der Waals surface area contributed by atoms with E-state index in [0.29, 0.717) is 11.1 Å². The summed E-state index contributed by atoms with van der Waals surface area (Å²) in [4.78, 5) is 12.7. The van der Waals surface area contributed by atoms with Crippen LogP contribution in [0, 0.1) is 5.92 Å². The summed E-state index contributed by atoms with van der Waals surface area (Å²) in [6.07, 6.45) is -1.80. The Morgan fingerprint density at radius 1 is 1.23 bits per heavy atom. The topological polar surface area (TPSA) is 96.2 Å². The number of methoxy groups -OCH3 is 1. The van der Waals surface area contributed by atoms with E-state index in [1.807, 2.05) is 0 Å². The van der Waals surface area contributed by atoms with Crippen molar-refractivity contribution < 1.29 is 29.6 Å². The Morgan fingerprint density at radius 3 is 2.55 bits per heavy atom. The first kappa shape index (κ1) is 15.0. The molecule has 1 aliphatic carbocycles. The normalized spacial score (nSPS) is 34.6. The highest BCUT2D eigenvalue weighted by Crippen LogP contribution is 2.37. The molecule has 0 bridgehead atoms. The third-order valence-electron chi connectivity index (χ3n) is 4.34. The van der Waals surface area contributed by atoms with Crippen LogP contribution in [0.15, 0.2) is 30.5 Å². The summed E-state index contributed by atoms with van der Waals surface area (Å²) in [6.45, 7) is 0. The van der Waals surface area contributed by atoms with Crippen molar-refractivity contribution in [3.8, 4) is 5.75 Å². The minimum Gasteiger partial charge on any atom is -0.508 e. The molecule has 5 atom stereocenters. The zero-order valence-electron chi connectivity index (χ0n) is 12.0. The maximum atomic E-state index is 12.7. The van der Waals surface area contributed by atoms with Crippen molar-refractivity contribution in [2.75, 3.05) is 7.11 Å². The van der Waals surface area contributed by atoms with Gasteiger partial charge in [0.2, 0.25) is 0 Å². The Morgan fingerprint density at radius 2 is 1.91 bits per heavy atom. The van der Waals surface area contributed by atoms with E-state index in [1.54, 1.807) is 12.1 Å². The molecule has 0 saturated heterocycles. The predicted octanol–water partition coefficient (Wildman–Crippen LogP) is 0.458. The molecule has 1 fully saturated rings. The van der Waals surface area contributed by atoms with Gasteiger partial charge in [0.15, 0.2) is 5.78 Å². The molecule has 0 spiro atoms. The summed E-state index contributed by atoms with van der Waals surface area (Å²) in [6, 6.07) is 6.18. The van der Waals surface area contributed by atoms with Crippen LogP contribution >= 0.6 is 0 Å². The number of fused-ring (bicyclic) bond motifs is 1. The highest BCUT2D eigenvalue weighted by molar-refractivity contribution is 6.22. The molecule has 1 heterocycles. The van der Waals surface area contributed by atoms with Crippen molar-refractivity contribution in [1.29, 1.82) is 0 Å². The van der Waals surface area contributed by atoms with Crippen molar-refractivity contribution >= 4 is 11.4 Å². The molecular formula is C16H18O6. The number of phenolic OH excluding ortho intramolecular Hbond substituents is 1. The average Bonchev–Trinajstić information content (AvgIpc) is 2.49. The van der Waals surface area contributed by atoms with E-state index in [2.05, 4.69) is 0 Å². The van der Waals surface area contributed by atoms with Gasteiger partial charge in [0.05, 0.1) is 30.0 Å². The van der Waals surface area contributed by atoms with Crippen molar-refractivity contribution in [3.05, 3.63) is 36.1 Å². The molecule has 6 nitrogen and oxygen atoms in total. The van der Waals surface area contributed by atoms with E-state index in [0.717, 1.165) is 0 Å². The lowest BCUT2D eigenvalue weighted by Crippen LogP contribution is -2.57. The van der Waals surface area contributed by atoms with Gasteiger partial charge in [0.25, 0.3) is 0 Å². The minimum atomic E-state index is -1.13. The van der Waals surface area contributed by atoms with Gasteiger partial charge in [0.1, 0.15) is 18.0 Å². The second-order valence-electron chi connectivity index (χ2n) is 5.64. The molecule has 0 aromatic heterocycles. The monoisotopic (exact) mass is 306 g/mol. The molecule has 1 aliphatic heterocycles. The van der Waals surface area contributed by atoms with Crippen LogP contribution < -0.4 is 0 Å². The Bertz CT molecular complexity index is 593. The zero-order chi connectivity index (χ0) is 15.9. The lowest BCUT2D eigenvalue weighted by atomic mass is 9.74. The Balaban J connectivity index is 1.92. The molecular weight excluding hydrogens is 288 g/mol. The summed E-state index contributed by atoms with van der Waals surface area (Å²) >= 11 is 0. The Hall–Kier alpha value is -1.89. The first-order chi connectivity index (χ1) is 10.5. The van der Waals surface area contributed by atoms with Crippen LogP contribution in [0.4, 0.5) is 0 Å². The fourth-order valence-corrected chi connectivity index (χ4v) is 3.18. The quantitative estimate of drug-likeness (QED) is 0.734. The van der Waals surface area contributed by atoms with Crippen LogP contribution in [0.2, 0.25) is 0 Å². The number of allylic oxidation sites excluding steroid dienone is 1.